The van der Waals surface area contributed by atoms with Crippen molar-refractivity contribution in [2.45, 2.75) is 38.3 Å². The standard InChI is InChI=1S/C18H27N3O2S/c1-22-17-12-14(6-7-16(17)23-15-4-2-3-5-15)13-20-18(19)21-8-10-24-11-9-21/h6-7,12,15H,2-5,8-11,13H2,1H3,(H2,19,20). The number of aliphatic imine (C=N–C) groups is 1. The predicted octanol–water partition coefficient (Wildman–Crippen LogP) is 2.88. The lowest BCUT2D eigenvalue weighted by atomic mass is 10.2. The van der Waals surface area contributed by atoms with Crippen LogP contribution in [-0.2, 0) is 6.54 Å². The number of nitrogens with two attached hydrogens (primary N) is 1. The van der Waals surface area contributed by atoms with Crippen LogP contribution in [0, 0.1) is 0 Å². The monoisotopic (exact) mass is 349 g/mol. The van der Waals surface area contributed by atoms with Gasteiger partial charge in [0.2, 0.25) is 0 Å². The lowest BCUT2D eigenvalue weighted by molar-refractivity contribution is 0.200. The lowest BCUT2D eigenvalue weighted by Gasteiger charge is -2.27. The molecule has 2 N–H and O–H groups in total. The highest BCUT2D eigenvalue weighted by Crippen LogP contribution is 2.32. The fourth-order valence-corrected chi connectivity index (χ4v) is 4.06. The van der Waals surface area contributed by atoms with Crippen molar-refractivity contribution in [3.8, 4) is 11.5 Å². The van der Waals surface area contributed by atoms with Crippen molar-refractivity contribution in [1.82, 2.24) is 4.90 Å². The molecule has 1 aromatic rings. The van der Waals surface area contributed by atoms with E-state index in [1.807, 2.05) is 23.9 Å². The fourth-order valence-electron chi connectivity index (χ4n) is 3.16. The second-order valence-corrected chi connectivity index (χ2v) is 7.51. The van der Waals surface area contributed by atoms with E-state index < -0.39 is 0 Å². The minimum absolute atomic E-state index is 0.329. The highest BCUT2D eigenvalue weighted by molar-refractivity contribution is 7.99. The number of nitrogens with zero attached hydrogens (tertiary/aromatic N) is 2. The molecule has 0 atom stereocenters. The quantitative estimate of drug-likeness (QED) is 0.654. The molecular formula is C18H27N3O2S. The van der Waals surface area contributed by atoms with E-state index in [0.717, 1.165) is 54.5 Å². The van der Waals surface area contributed by atoms with E-state index in [2.05, 4.69) is 16.0 Å². The third kappa shape index (κ3) is 4.50. The summed E-state index contributed by atoms with van der Waals surface area (Å²) < 4.78 is 11.6. The zero-order valence-corrected chi connectivity index (χ0v) is 15.2. The Kier molecular flexibility index (Phi) is 6.12. The maximum atomic E-state index is 6.12. The van der Waals surface area contributed by atoms with Crippen molar-refractivity contribution in [1.29, 1.82) is 0 Å². The molecule has 2 aliphatic rings. The van der Waals surface area contributed by atoms with E-state index in [-0.39, 0.29) is 0 Å². The summed E-state index contributed by atoms with van der Waals surface area (Å²) in [6.45, 7) is 2.53. The normalized spacial score (nSPS) is 19.5. The molecule has 6 heteroatoms. The van der Waals surface area contributed by atoms with E-state index in [1.54, 1.807) is 7.11 Å². The van der Waals surface area contributed by atoms with E-state index >= 15 is 0 Å². The number of hydrogen-bond donors (Lipinski definition) is 1. The number of thioether (sulfide) groups is 1. The number of benzene rings is 1. The molecule has 0 amide bonds. The van der Waals surface area contributed by atoms with Crippen molar-refractivity contribution >= 4 is 17.7 Å². The topological polar surface area (TPSA) is 60.1 Å². The van der Waals surface area contributed by atoms with Gasteiger partial charge in [-0.05, 0) is 43.4 Å². The van der Waals surface area contributed by atoms with Crippen molar-refractivity contribution in [3.63, 3.8) is 0 Å². The van der Waals surface area contributed by atoms with Gasteiger partial charge in [0.05, 0.1) is 19.8 Å². The second-order valence-electron chi connectivity index (χ2n) is 6.28. The molecule has 2 fully saturated rings. The Morgan fingerprint density at radius 1 is 1.25 bits per heavy atom. The summed E-state index contributed by atoms with van der Waals surface area (Å²) in [7, 11) is 1.68. The summed E-state index contributed by atoms with van der Waals surface area (Å²) >= 11 is 1.97. The van der Waals surface area contributed by atoms with Crippen molar-refractivity contribution in [3.05, 3.63) is 23.8 Å². The summed E-state index contributed by atoms with van der Waals surface area (Å²) in [5, 5.41) is 0. The maximum Gasteiger partial charge on any atom is 0.191 e. The van der Waals surface area contributed by atoms with E-state index in [9.17, 15) is 0 Å². The molecule has 132 valence electrons. The first-order chi connectivity index (χ1) is 11.8. The van der Waals surface area contributed by atoms with Crippen LogP contribution >= 0.6 is 11.8 Å². The SMILES string of the molecule is COc1cc(CN=C(N)N2CCSCC2)ccc1OC1CCCC1. The molecule has 24 heavy (non-hydrogen) atoms. The Morgan fingerprint density at radius 2 is 2.00 bits per heavy atom. The van der Waals surface area contributed by atoms with Gasteiger partial charge in [-0.15, -0.1) is 0 Å². The molecule has 0 spiro atoms. The second kappa shape index (κ2) is 8.51. The number of ether oxygens (including phenoxy) is 2. The molecule has 3 rings (SSSR count). The molecule has 0 bridgehead atoms. The summed E-state index contributed by atoms with van der Waals surface area (Å²) in [4.78, 5) is 6.70. The molecule has 1 saturated carbocycles. The van der Waals surface area contributed by atoms with E-state index in [4.69, 9.17) is 15.2 Å². The Balaban J connectivity index is 1.63. The predicted molar refractivity (Wildman–Crippen MR) is 100 cm³/mol. The molecule has 1 heterocycles. The van der Waals surface area contributed by atoms with Gasteiger partial charge in [-0.2, -0.15) is 11.8 Å². The summed E-state index contributed by atoms with van der Waals surface area (Å²) in [5.41, 5.74) is 7.20. The Labute approximate surface area is 148 Å². The summed E-state index contributed by atoms with van der Waals surface area (Å²) in [6, 6.07) is 6.05. The van der Waals surface area contributed by atoms with Gasteiger partial charge < -0.3 is 20.1 Å². The molecule has 5 nitrogen and oxygen atoms in total. The van der Waals surface area contributed by atoms with Crippen LogP contribution in [0.4, 0.5) is 0 Å². The smallest absolute Gasteiger partial charge is 0.191 e. The van der Waals surface area contributed by atoms with Crippen LogP contribution in [0.25, 0.3) is 0 Å². The van der Waals surface area contributed by atoms with Gasteiger partial charge in [-0.3, -0.25) is 0 Å². The van der Waals surface area contributed by atoms with Gasteiger partial charge in [0.15, 0.2) is 17.5 Å². The first kappa shape index (κ1) is 17.3. The molecular weight excluding hydrogens is 322 g/mol. The number of guanidine groups is 1. The van der Waals surface area contributed by atoms with Gasteiger partial charge in [0.1, 0.15) is 0 Å². The molecule has 0 unspecified atom stereocenters. The van der Waals surface area contributed by atoms with Gasteiger partial charge in [-0.1, -0.05) is 6.07 Å². The average molecular weight is 350 g/mol. The van der Waals surface area contributed by atoms with Crippen LogP contribution in [0.1, 0.15) is 31.2 Å². The minimum atomic E-state index is 0.329. The number of rotatable bonds is 5. The van der Waals surface area contributed by atoms with Crippen LogP contribution < -0.4 is 15.2 Å². The highest BCUT2D eigenvalue weighted by atomic mass is 32.2. The minimum Gasteiger partial charge on any atom is -0.493 e. The lowest BCUT2D eigenvalue weighted by Crippen LogP contribution is -2.42. The first-order valence-corrected chi connectivity index (χ1v) is 9.88. The Bertz CT molecular complexity index is 567. The zero-order valence-electron chi connectivity index (χ0n) is 14.4. The van der Waals surface area contributed by atoms with Crippen LogP contribution in [-0.4, -0.2) is 48.7 Å². The Hall–Kier alpha value is -1.56. The van der Waals surface area contributed by atoms with Gasteiger partial charge in [0, 0.05) is 24.6 Å². The largest absolute Gasteiger partial charge is 0.493 e. The van der Waals surface area contributed by atoms with Gasteiger partial charge >= 0.3 is 0 Å². The third-order valence-electron chi connectivity index (χ3n) is 4.58. The van der Waals surface area contributed by atoms with Crippen molar-refractivity contribution < 1.29 is 9.47 Å². The summed E-state index contributed by atoms with van der Waals surface area (Å²) in [6.07, 6.45) is 5.12. The number of methoxy groups -OCH3 is 1. The fraction of sp³-hybridized carbons (Fsp3) is 0.611. The number of hydrogen-bond acceptors (Lipinski definition) is 4. The summed E-state index contributed by atoms with van der Waals surface area (Å²) in [5.74, 6) is 4.50. The van der Waals surface area contributed by atoms with Crippen molar-refractivity contribution in [2.75, 3.05) is 31.7 Å². The van der Waals surface area contributed by atoms with E-state index in [0.29, 0.717) is 18.6 Å². The maximum absolute atomic E-state index is 6.12. The van der Waals surface area contributed by atoms with E-state index in [1.165, 1.54) is 12.8 Å². The Morgan fingerprint density at radius 3 is 2.71 bits per heavy atom. The third-order valence-corrected chi connectivity index (χ3v) is 5.53. The molecule has 1 aliphatic heterocycles. The molecule has 0 aromatic heterocycles. The van der Waals surface area contributed by atoms with Crippen LogP contribution in [0.5, 0.6) is 11.5 Å². The van der Waals surface area contributed by atoms with Crippen LogP contribution in [0.2, 0.25) is 0 Å². The highest BCUT2D eigenvalue weighted by Gasteiger charge is 2.18. The molecule has 1 aliphatic carbocycles. The molecule has 1 saturated heterocycles. The molecule has 0 radical (unpaired) electrons. The first-order valence-electron chi connectivity index (χ1n) is 8.72. The van der Waals surface area contributed by atoms with Crippen LogP contribution in [0.3, 0.4) is 0 Å². The average Bonchev–Trinajstić information content (AvgIpc) is 3.14. The van der Waals surface area contributed by atoms with Crippen molar-refractivity contribution in [2.24, 2.45) is 10.7 Å². The molecule has 1 aromatic carbocycles. The zero-order chi connectivity index (χ0) is 16.8. The van der Waals surface area contributed by atoms with Gasteiger partial charge in [0.25, 0.3) is 0 Å². The van der Waals surface area contributed by atoms with Gasteiger partial charge in [-0.25, -0.2) is 4.99 Å². The van der Waals surface area contributed by atoms with Crippen LogP contribution in [0.15, 0.2) is 23.2 Å².